The van der Waals surface area contributed by atoms with Crippen molar-refractivity contribution < 1.29 is 17.9 Å². The van der Waals surface area contributed by atoms with Crippen LogP contribution in [0, 0.1) is 0 Å². The molecule has 1 aromatic heterocycles. The first-order valence-electron chi connectivity index (χ1n) is 6.48. The zero-order chi connectivity index (χ0) is 15.3. The normalized spacial score (nSPS) is 12.0. The molecule has 1 aromatic carbocycles. The van der Waals surface area contributed by atoms with Gasteiger partial charge in [0.05, 0.1) is 29.2 Å². The van der Waals surface area contributed by atoms with E-state index in [1.807, 2.05) is 0 Å². The second-order valence-electron chi connectivity index (χ2n) is 4.48. The first-order valence-corrected chi connectivity index (χ1v) is 8.95. The number of nitrogen functional groups attached to an aromatic ring is 1. The Bertz CT molecular complexity index is 697. The molecule has 0 aliphatic carbocycles. The second kappa shape index (κ2) is 7.17. The second-order valence-corrected chi connectivity index (χ2v) is 7.80. The molecule has 0 atom stereocenters. The zero-order valence-corrected chi connectivity index (χ0v) is 13.4. The van der Waals surface area contributed by atoms with E-state index in [1.165, 1.54) is 0 Å². The SMILES string of the molecule is COCCOCCCS(=O)(=O)c1nc2ccc(N)cc2s1. The van der Waals surface area contributed by atoms with Crippen molar-refractivity contribution in [3.63, 3.8) is 0 Å². The molecule has 21 heavy (non-hydrogen) atoms. The highest BCUT2D eigenvalue weighted by Crippen LogP contribution is 2.27. The number of methoxy groups -OCH3 is 1. The van der Waals surface area contributed by atoms with Crippen LogP contribution in [0.15, 0.2) is 22.5 Å². The quantitative estimate of drug-likeness (QED) is 0.585. The predicted octanol–water partition coefficient (Wildman–Crippen LogP) is 1.71. The smallest absolute Gasteiger partial charge is 0.210 e. The molecule has 0 amide bonds. The number of ether oxygens (including phenoxy) is 2. The summed E-state index contributed by atoms with van der Waals surface area (Å²) in [4.78, 5) is 4.17. The minimum absolute atomic E-state index is 0.0231. The lowest BCUT2D eigenvalue weighted by Crippen LogP contribution is -2.10. The third kappa shape index (κ3) is 4.37. The summed E-state index contributed by atoms with van der Waals surface area (Å²) in [5.41, 5.74) is 6.94. The fourth-order valence-corrected chi connectivity index (χ4v) is 4.42. The molecule has 0 radical (unpaired) electrons. The van der Waals surface area contributed by atoms with Crippen LogP contribution >= 0.6 is 11.3 Å². The van der Waals surface area contributed by atoms with Crippen molar-refractivity contribution in [3.8, 4) is 0 Å². The first-order chi connectivity index (χ1) is 10.0. The summed E-state index contributed by atoms with van der Waals surface area (Å²) in [6.45, 7) is 1.36. The van der Waals surface area contributed by atoms with Crippen molar-refractivity contribution >= 4 is 37.1 Å². The Balaban J connectivity index is 1.97. The van der Waals surface area contributed by atoms with Gasteiger partial charge < -0.3 is 15.2 Å². The van der Waals surface area contributed by atoms with Crippen molar-refractivity contribution in [3.05, 3.63) is 18.2 Å². The van der Waals surface area contributed by atoms with Crippen LogP contribution in [0.3, 0.4) is 0 Å². The van der Waals surface area contributed by atoms with Crippen LogP contribution in [0.4, 0.5) is 5.69 Å². The fourth-order valence-electron chi connectivity index (χ4n) is 1.74. The van der Waals surface area contributed by atoms with Crippen LogP contribution < -0.4 is 5.73 Å². The predicted molar refractivity (Wildman–Crippen MR) is 83.4 cm³/mol. The summed E-state index contributed by atoms with van der Waals surface area (Å²) in [5, 5.41) is 0. The molecule has 2 rings (SSSR count). The Morgan fingerprint density at radius 3 is 2.86 bits per heavy atom. The molecule has 0 fully saturated rings. The molecule has 6 nitrogen and oxygen atoms in total. The van der Waals surface area contributed by atoms with Crippen LogP contribution in [0.5, 0.6) is 0 Å². The summed E-state index contributed by atoms with van der Waals surface area (Å²) in [7, 11) is -1.78. The summed E-state index contributed by atoms with van der Waals surface area (Å²) < 4.78 is 35.4. The van der Waals surface area contributed by atoms with Crippen LogP contribution in [0.2, 0.25) is 0 Å². The van der Waals surface area contributed by atoms with Gasteiger partial charge in [0, 0.05) is 19.4 Å². The summed E-state index contributed by atoms with van der Waals surface area (Å²) in [5.74, 6) is 0.0231. The number of fused-ring (bicyclic) bond motifs is 1. The van der Waals surface area contributed by atoms with Gasteiger partial charge in [-0.15, -0.1) is 11.3 Å². The number of nitrogens with two attached hydrogens (primary N) is 1. The van der Waals surface area contributed by atoms with Gasteiger partial charge in [-0.25, -0.2) is 13.4 Å². The topological polar surface area (TPSA) is 91.5 Å². The fraction of sp³-hybridized carbons (Fsp3) is 0.462. The Labute approximate surface area is 127 Å². The molecule has 8 heteroatoms. The number of benzene rings is 1. The molecule has 0 aliphatic rings. The van der Waals surface area contributed by atoms with Crippen molar-refractivity contribution in [1.29, 1.82) is 0 Å². The Kier molecular flexibility index (Phi) is 5.51. The lowest BCUT2D eigenvalue weighted by Gasteiger charge is -2.03. The number of nitrogens with zero attached hydrogens (tertiary/aromatic N) is 1. The maximum absolute atomic E-state index is 12.2. The van der Waals surface area contributed by atoms with Gasteiger partial charge in [0.1, 0.15) is 0 Å². The van der Waals surface area contributed by atoms with Crippen molar-refractivity contribution in [2.45, 2.75) is 10.8 Å². The number of anilines is 1. The van der Waals surface area contributed by atoms with Gasteiger partial charge in [0.15, 0.2) is 0 Å². The van der Waals surface area contributed by atoms with E-state index in [1.54, 1.807) is 25.3 Å². The number of rotatable bonds is 8. The van der Waals surface area contributed by atoms with E-state index in [-0.39, 0.29) is 10.1 Å². The zero-order valence-electron chi connectivity index (χ0n) is 11.7. The molecule has 0 bridgehead atoms. The number of thiazole rings is 1. The molecule has 0 saturated carbocycles. The molecule has 2 aromatic rings. The molecular weight excluding hydrogens is 312 g/mol. The van der Waals surface area contributed by atoms with Gasteiger partial charge in [-0.1, -0.05) is 0 Å². The van der Waals surface area contributed by atoms with Gasteiger partial charge in [-0.2, -0.15) is 0 Å². The van der Waals surface area contributed by atoms with E-state index in [4.69, 9.17) is 15.2 Å². The maximum atomic E-state index is 12.2. The minimum atomic E-state index is -3.37. The van der Waals surface area contributed by atoms with E-state index in [2.05, 4.69) is 4.98 Å². The van der Waals surface area contributed by atoms with E-state index in [0.717, 1.165) is 16.0 Å². The lowest BCUT2D eigenvalue weighted by atomic mass is 10.3. The van der Waals surface area contributed by atoms with E-state index < -0.39 is 9.84 Å². The molecular formula is C13H18N2O4S2. The Morgan fingerprint density at radius 2 is 2.10 bits per heavy atom. The van der Waals surface area contributed by atoms with Crippen LogP contribution in [0.25, 0.3) is 10.2 Å². The summed E-state index contributed by atoms with van der Waals surface area (Å²) in [6, 6.07) is 5.18. The average molecular weight is 330 g/mol. The van der Waals surface area contributed by atoms with Gasteiger partial charge in [-0.05, 0) is 24.6 Å². The van der Waals surface area contributed by atoms with Crippen molar-refractivity contribution in [1.82, 2.24) is 4.98 Å². The average Bonchev–Trinajstić information content (AvgIpc) is 2.86. The first kappa shape index (κ1) is 16.2. The third-order valence-electron chi connectivity index (χ3n) is 2.79. The van der Waals surface area contributed by atoms with E-state index >= 15 is 0 Å². The number of hydrogen-bond acceptors (Lipinski definition) is 7. The lowest BCUT2D eigenvalue weighted by molar-refractivity contribution is 0.0712. The van der Waals surface area contributed by atoms with Gasteiger partial charge in [0.2, 0.25) is 14.2 Å². The van der Waals surface area contributed by atoms with Crippen molar-refractivity contribution in [2.24, 2.45) is 0 Å². The maximum Gasteiger partial charge on any atom is 0.210 e. The van der Waals surface area contributed by atoms with Gasteiger partial charge in [-0.3, -0.25) is 0 Å². The highest BCUT2D eigenvalue weighted by atomic mass is 32.2. The highest BCUT2D eigenvalue weighted by molar-refractivity contribution is 7.93. The summed E-state index contributed by atoms with van der Waals surface area (Å²) in [6.07, 6.45) is 0.435. The molecule has 0 aliphatic heterocycles. The number of aromatic nitrogens is 1. The largest absolute Gasteiger partial charge is 0.399 e. The Hall–Kier alpha value is -1.22. The van der Waals surface area contributed by atoms with Gasteiger partial charge >= 0.3 is 0 Å². The standard InChI is InChI=1S/C13H18N2O4S2/c1-18-6-7-19-5-2-8-21(16,17)13-15-11-4-3-10(14)9-12(11)20-13/h3-4,9H,2,5-8,14H2,1H3. The third-order valence-corrected chi connectivity index (χ3v) is 6.07. The van der Waals surface area contributed by atoms with Crippen LogP contribution in [-0.2, 0) is 19.3 Å². The summed E-state index contributed by atoms with van der Waals surface area (Å²) >= 11 is 1.15. The molecule has 0 spiro atoms. The van der Waals surface area contributed by atoms with Crippen molar-refractivity contribution in [2.75, 3.05) is 38.4 Å². The highest BCUT2D eigenvalue weighted by Gasteiger charge is 2.19. The van der Waals surface area contributed by atoms with E-state index in [9.17, 15) is 8.42 Å². The molecule has 0 unspecified atom stereocenters. The monoisotopic (exact) mass is 330 g/mol. The molecule has 1 heterocycles. The molecule has 0 saturated heterocycles. The minimum Gasteiger partial charge on any atom is -0.399 e. The van der Waals surface area contributed by atoms with Gasteiger partial charge in [0.25, 0.3) is 0 Å². The number of sulfone groups is 1. The van der Waals surface area contributed by atoms with E-state index in [0.29, 0.717) is 37.4 Å². The number of hydrogen-bond donors (Lipinski definition) is 1. The molecule has 2 N–H and O–H groups in total. The van der Waals surface area contributed by atoms with Crippen LogP contribution in [-0.4, -0.2) is 46.1 Å². The Morgan fingerprint density at radius 1 is 1.29 bits per heavy atom. The molecule has 116 valence electrons. The van der Waals surface area contributed by atoms with Crippen LogP contribution in [0.1, 0.15) is 6.42 Å².